The van der Waals surface area contributed by atoms with Gasteiger partial charge < -0.3 is 14.0 Å². The Morgan fingerprint density at radius 3 is 2.77 bits per heavy atom. The molecule has 0 spiro atoms. The lowest BCUT2D eigenvalue weighted by molar-refractivity contribution is -0.118. The zero-order chi connectivity index (χ0) is 21.2. The van der Waals surface area contributed by atoms with E-state index < -0.39 is 0 Å². The van der Waals surface area contributed by atoms with Crippen molar-refractivity contribution in [1.82, 2.24) is 20.2 Å². The van der Waals surface area contributed by atoms with Crippen LogP contribution in [-0.4, -0.2) is 39.2 Å². The number of ether oxygens (including phenoxy) is 2. The summed E-state index contributed by atoms with van der Waals surface area (Å²) in [4.78, 5) is 11.9. The average Bonchev–Trinajstić information content (AvgIpc) is 3.17. The fourth-order valence-electron chi connectivity index (χ4n) is 2.47. The maximum Gasteiger partial charge on any atom is 0.250 e. The molecule has 1 amide bonds. The Morgan fingerprint density at radius 2 is 2.03 bits per heavy atom. The molecule has 0 atom stereocenters. The Balaban J connectivity index is 1.55. The van der Waals surface area contributed by atoms with Gasteiger partial charge in [0.05, 0.1) is 18.6 Å². The highest BCUT2D eigenvalue weighted by molar-refractivity contribution is 7.99. The number of amides is 1. The molecule has 156 valence electrons. The van der Waals surface area contributed by atoms with Crippen LogP contribution in [0.1, 0.15) is 18.1 Å². The zero-order valence-electron chi connectivity index (χ0n) is 16.8. The van der Waals surface area contributed by atoms with Crippen molar-refractivity contribution in [3.63, 3.8) is 0 Å². The third kappa shape index (κ3) is 6.35. The molecular weight excluding hydrogens is 402 g/mol. The Bertz CT molecular complexity index is 991. The van der Waals surface area contributed by atoms with Gasteiger partial charge in [0, 0.05) is 7.05 Å². The number of aromatic nitrogens is 3. The van der Waals surface area contributed by atoms with Gasteiger partial charge in [-0.2, -0.15) is 5.10 Å². The van der Waals surface area contributed by atoms with Crippen LogP contribution in [0.3, 0.4) is 0 Å². The number of benzene rings is 2. The van der Waals surface area contributed by atoms with Crippen LogP contribution < -0.4 is 14.9 Å². The Morgan fingerprint density at radius 1 is 1.20 bits per heavy atom. The molecule has 0 bridgehead atoms. The first-order valence-electron chi connectivity index (χ1n) is 9.38. The first-order valence-corrected chi connectivity index (χ1v) is 10.4. The Hall–Kier alpha value is -3.33. The van der Waals surface area contributed by atoms with Gasteiger partial charge in [0.15, 0.2) is 16.7 Å². The van der Waals surface area contributed by atoms with E-state index in [1.165, 1.54) is 11.8 Å². The molecular formula is C21H23N5O3S. The van der Waals surface area contributed by atoms with Gasteiger partial charge in [-0.05, 0) is 36.2 Å². The van der Waals surface area contributed by atoms with E-state index in [0.717, 1.165) is 11.1 Å². The molecule has 1 heterocycles. The molecule has 8 nitrogen and oxygen atoms in total. The molecule has 0 fully saturated rings. The molecule has 0 aliphatic heterocycles. The minimum Gasteiger partial charge on any atom is -0.490 e. The van der Waals surface area contributed by atoms with E-state index in [1.807, 2.05) is 62.5 Å². The van der Waals surface area contributed by atoms with E-state index in [9.17, 15) is 4.79 Å². The van der Waals surface area contributed by atoms with E-state index in [-0.39, 0.29) is 11.7 Å². The predicted octanol–water partition coefficient (Wildman–Crippen LogP) is 3.04. The van der Waals surface area contributed by atoms with Crippen LogP contribution in [0.5, 0.6) is 11.5 Å². The van der Waals surface area contributed by atoms with Crippen LogP contribution in [0.4, 0.5) is 0 Å². The molecule has 1 aromatic heterocycles. The number of hydrazone groups is 1. The zero-order valence-corrected chi connectivity index (χ0v) is 17.6. The third-order valence-electron chi connectivity index (χ3n) is 3.91. The van der Waals surface area contributed by atoms with Gasteiger partial charge in [-0.25, -0.2) is 5.43 Å². The molecule has 0 aliphatic rings. The molecule has 3 rings (SSSR count). The van der Waals surface area contributed by atoms with Gasteiger partial charge in [0.25, 0.3) is 5.91 Å². The Kier molecular flexibility index (Phi) is 7.85. The lowest BCUT2D eigenvalue weighted by Crippen LogP contribution is -2.19. The minimum absolute atomic E-state index is 0.195. The SMILES string of the molecule is CCOc1cc(/C=N\NC(=O)CSc2nncn2C)ccc1OCc1ccccc1. The highest BCUT2D eigenvalue weighted by atomic mass is 32.2. The van der Waals surface area contributed by atoms with Gasteiger partial charge in [-0.3, -0.25) is 4.79 Å². The fraction of sp³-hybridized carbons (Fsp3) is 0.238. The standard InChI is InChI=1S/C21H23N5O3S/c1-3-28-19-11-17(9-10-18(19)29-13-16-7-5-4-6-8-16)12-22-24-20(27)14-30-21-25-23-15-26(21)2/h4-12,15H,3,13-14H2,1-2H3,(H,24,27)/b22-12-. The second kappa shape index (κ2) is 11.0. The number of carbonyl (C=O) groups excluding carboxylic acids is 1. The monoisotopic (exact) mass is 425 g/mol. The summed E-state index contributed by atoms with van der Waals surface area (Å²) < 4.78 is 13.3. The lowest BCUT2D eigenvalue weighted by Gasteiger charge is -2.12. The first-order chi connectivity index (χ1) is 14.7. The average molecular weight is 426 g/mol. The van der Waals surface area contributed by atoms with Gasteiger partial charge in [0.2, 0.25) is 0 Å². The van der Waals surface area contributed by atoms with Crippen molar-refractivity contribution in [2.45, 2.75) is 18.7 Å². The molecule has 9 heteroatoms. The number of hydrogen-bond donors (Lipinski definition) is 1. The maximum atomic E-state index is 11.9. The summed E-state index contributed by atoms with van der Waals surface area (Å²) in [6.45, 7) is 2.88. The number of hydrogen-bond acceptors (Lipinski definition) is 7. The molecule has 30 heavy (non-hydrogen) atoms. The van der Waals surface area contributed by atoms with E-state index >= 15 is 0 Å². The van der Waals surface area contributed by atoms with Crippen LogP contribution in [0, 0.1) is 0 Å². The van der Waals surface area contributed by atoms with E-state index in [1.54, 1.807) is 17.1 Å². The third-order valence-corrected chi connectivity index (χ3v) is 4.94. The van der Waals surface area contributed by atoms with Crippen molar-refractivity contribution < 1.29 is 14.3 Å². The Labute approximate surface area is 179 Å². The summed E-state index contributed by atoms with van der Waals surface area (Å²) in [5.41, 5.74) is 4.37. The molecule has 1 N–H and O–H groups in total. The van der Waals surface area contributed by atoms with E-state index in [0.29, 0.717) is 29.9 Å². The van der Waals surface area contributed by atoms with Gasteiger partial charge in [-0.15, -0.1) is 10.2 Å². The summed E-state index contributed by atoms with van der Waals surface area (Å²) in [5.74, 6) is 1.25. The number of aryl methyl sites for hydroxylation is 1. The van der Waals surface area contributed by atoms with Crippen LogP contribution in [-0.2, 0) is 18.4 Å². The molecule has 0 unspecified atom stereocenters. The largest absolute Gasteiger partial charge is 0.490 e. The molecule has 3 aromatic rings. The predicted molar refractivity (Wildman–Crippen MR) is 116 cm³/mol. The van der Waals surface area contributed by atoms with Crippen LogP contribution in [0.25, 0.3) is 0 Å². The van der Waals surface area contributed by atoms with Gasteiger partial charge in [0.1, 0.15) is 12.9 Å². The molecule has 0 saturated carbocycles. The molecule has 0 radical (unpaired) electrons. The van der Waals surface area contributed by atoms with Crippen molar-refractivity contribution in [3.05, 3.63) is 66.0 Å². The summed E-state index contributed by atoms with van der Waals surface area (Å²) in [6, 6.07) is 15.4. The van der Waals surface area contributed by atoms with E-state index in [4.69, 9.17) is 9.47 Å². The lowest BCUT2D eigenvalue weighted by atomic mass is 10.2. The van der Waals surface area contributed by atoms with Crippen LogP contribution >= 0.6 is 11.8 Å². The highest BCUT2D eigenvalue weighted by Gasteiger charge is 2.08. The second-order valence-corrected chi connectivity index (χ2v) is 7.16. The summed E-state index contributed by atoms with van der Waals surface area (Å²) >= 11 is 1.29. The molecule has 0 saturated heterocycles. The van der Waals surface area contributed by atoms with Crippen LogP contribution in [0.2, 0.25) is 0 Å². The molecule has 2 aromatic carbocycles. The normalized spacial score (nSPS) is 10.9. The number of thioether (sulfide) groups is 1. The topological polar surface area (TPSA) is 90.6 Å². The quantitative estimate of drug-likeness (QED) is 0.305. The van der Waals surface area contributed by atoms with Crippen molar-refractivity contribution in [2.24, 2.45) is 12.1 Å². The van der Waals surface area contributed by atoms with Gasteiger partial charge >= 0.3 is 0 Å². The molecule has 0 aliphatic carbocycles. The first kappa shape index (κ1) is 21.4. The van der Waals surface area contributed by atoms with E-state index in [2.05, 4.69) is 20.7 Å². The van der Waals surface area contributed by atoms with Crippen molar-refractivity contribution in [3.8, 4) is 11.5 Å². The van der Waals surface area contributed by atoms with Gasteiger partial charge in [-0.1, -0.05) is 42.1 Å². The number of nitrogens with one attached hydrogen (secondary N) is 1. The minimum atomic E-state index is -0.230. The summed E-state index contributed by atoms with van der Waals surface area (Å²) in [5, 5.41) is 12.4. The van der Waals surface area contributed by atoms with Crippen molar-refractivity contribution in [1.29, 1.82) is 0 Å². The van der Waals surface area contributed by atoms with Crippen molar-refractivity contribution >= 4 is 23.9 Å². The second-order valence-electron chi connectivity index (χ2n) is 6.22. The van der Waals surface area contributed by atoms with Crippen LogP contribution in [0.15, 0.2) is 65.1 Å². The number of nitrogens with zero attached hydrogens (tertiary/aromatic N) is 4. The smallest absolute Gasteiger partial charge is 0.250 e. The maximum absolute atomic E-state index is 11.9. The summed E-state index contributed by atoms with van der Waals surface area (Å²) in [6.07, 6.45) is 3.15. The number of rotatable bonds is 10. The highest BCUT2D eigenvalue weighted by Crippen LogP contribution is 2.28. The number of carbonyl (C=O) groups is 1. The van der Waals surface area contributed by atoms with Crippen molar-refractivity contribution in [2.75, 3.05) is 12.4 Å². The fourth-order valence-corrected chi connectivity index (χ4v) is 3.15. The summed E-state index contributed by atoms with van der Waals surface area (Å²) in [7, 11) is 1.82.